The molecule has 0 aromatic heterocycles. The van der Waals surface area contributed by atoms with Crippen molar-refractivity contribution in [2.75, 3.05) is 19.6 Å². The first-order valence-electron chi connectivity index (χ1n) is 8.38. The number of hydrogen-bond acceptors (Lipinski definition) is 2. The van der Waals surface area contributed by atoms with Crippen molar-refractivity contribution in [1.82, 2.24) is 4.90 Å². The molecule has 23 heavy (non-hydrogen) atoms. The minimum Gasteiger partial charge on any atom is -0.481 e. The Morgan fingerprint density at radius 3 is 2.09 bits per heavy atom. The Hall–Kier alpha value is -1.06. The summed E-state index contributed by atoms with van der Waals surface area (Å²) in [5.41, 5.74) is 1.36. The van der Waals surface area contributed by atoms with Gasteiger partial charge < -0.3 is 10.0 Å². The van der Waals surface area contributed by atoms with Crippen LogP contribution < -0.4 is 0 Å². The highest BCUT2D eigenvalue weighted by Gasteiger charge is 2.35. The lowest BCUT2D eigenvalue weighted by Gasteiger charge is -2.29. The van der Waals surface area contributed by atoms with Crippen LogP contribution in [0.3, 0.4) is 0 Å². The normalized spacial score (nSPS) is 13.7. The molecular formula is C19H32ClNO2. The van der Waals surface area contributed by atoms with Gasteiger partial charge in [0.1, 0.15) is 0 Å². The van der Waals surface area contributed by atoms with Crippen LogP contribution in [0, 0.1) is 5.92 Å². The highest BCUT2D eigenvalue weighted by Crippen LogP contribution is 2.29. The SMILES string of the molecule is CCN(CC)CCC(C)(C(=O)O)c1ccc(CC(C)C)cc1.Cl. The number of halogens is 1. The number of carbonyl (C=O) groups is 1. The molecule has 0 aliphatic heterocycles. The zero-order chi connectivity index (χ0) is 16.8. The van der Waals surface area contributed by atoms with E-state index >= 15 is 0 Å². The van der Waals surface area contributed by atoms with Gasteiger partial charge >= 0.3 is 5.97 Å². The number of benzene rings is 1. The standard InChI is InChI=1S/C19H31NO2.ClH/c1-6-20(7-2)13-12-19(5,18(21)22)17-10-8-16(9-11-17)14-15(3)4;/h8-11,15H,6-7,12-14H2,1-5H3,(H,21,22);1H. The number of carboxylic acids is 1. The van der Waals surface area contributed by atoms with E-state index < -0.39 is 11.4 Å². The first-order valence-corrected chi connectivity index (χ1v) is 8.38. The molecule has 0 bridgehead atoms. The van der Waals surface area contributed by atoms with E-state index in [-0.39, 0.29) is 12.4 Å². The summed E-state index contributed by atoms with van der Waals surface area (Å²) in [6.45, 7) is 13.2. The van der Waals surface area contributed by atoms with Crippen LogP contribution in [-0.4, -0.2) is 35.6 Å². The Morgan fingerprint density at radius 2 is 1.70 bits per heavy atom. The summed E-state index contributed by atoms with van der Waals surface area (Å²) >= 11 is 0. The summed E-state index contributed by atoms with van der Waals surface area (Å²) in [6.07, 6.45) is 1.66. The second kappa shape index (κ2) is 9.94. The maximum atomic E-state index is 11.9. The van der Waals surface area contributed by atoms with Gasteiger partial charge in [-0.15, -0.1) is 12.4 Å². The number of rotatable bonds is 9. The van der Waals surface area contributed by atoms with E-state index in [9.17, 15) is 9.90 Å². The molecule has 1 aromatic rings. The third kappa shape index (κ3) is 6.15. The smallest absolute Gasteiger partial charge is 0.313 e. The fourth-order valence-electron chi connectivity index (χ4n) is 2.78. The fraction of sp³-hybridized carbons (Fsp3) is 0.632. The molecule has 1 N–H and O–H groups in total. The molecule has 4 heteroatoms. The Labute approximate surface area is 147 Å². The molecule has 0 saturated heterocycles. The van der Waals surface area contributed by atoms with E-state index in [1.807, 2.05) is 19.1 Å². The molecule has 0 fully saturated rings. The maximum absolute atomic E-state index is 11.9. The zero-order valence-electron chi connectivity index (χ0n) is 15.1. The molecule has 0 heterocycles. The number of aliphatic carboxylic acids is 1. The average Bonchev–Trinajstić information content (AvgIpc) is 2.48. The summed E-state index contributed by atoms with van der Waals surface area (Å²) < 4.78 is 0. The topological polar surface area (TPSA) is 40.5 Å². The lowest BCUT2D eigenvalue weighted by molar-refractivity contribution is -0.143. The lowest BCUT2D eigenvalue weighted by Crippen LogP contribution is -2.37. The third-order valence-corrected chi connectivity index (χ3v) is 4.53. The highest BCUT2D eigenvalue weighted by molar-refractivity contribution is 5.85. The summed E-state index contributed by atoms with van der Waals surface area (Å²) in [5, 5.41) is 9.74. The van der Waals surface area contributed by atoms with Crippen molar-refractivity contribution in [3.05, 3.63) is 35.4 Å². The Kier molecular flexibility index (Phi) is 9.48. The number of carboxylic acid groups (broad SMARTS) is 1. The van der Waals surface area contributed by atoms with Crippen molar-refractivity contribution in [3.8, 4) is 0 Å². The van der Waals surface area contributed by atoms with Gasteiger partial charge in [0.05, 0.1) is 5.41 Å². The van der Waals surface area contributed by atoms with E-state index in [0.29, 0.717) is 12.3 Å². The summed E-state index contributed by atoms with van der Waals surface area (Å²) in [7, 11) is 0. The van der Waals surface area contributed by atoms with E-state index in [4.69, 9.17) is 0 Å². The largest absolute Gasteiger partial charge is 0.481 e. The fourth-order valence-corrected chi connectivity index (χ4v) is 2.78. The van der Waals surface area contributed by atoms with E-state index in [2.05, 4.69) is 44.7 Å². The van der Waals surface area contributed by atoms with Crippen LogP contribution in [0.15, 0.2) is 24.3 Å². The minimum absolute atomic E-state index is 0. The van der Waals surface area contributed by atoms with Gasteiger partial charge in [0.15, 0.2) is 0 Å². The molecule has 132 valence electrons. The van der Waals surface area contributed by atoms with Gasteiger partial charge in [-0.3, -0.25) is 4.79 Å². The molecule has 1 aromatic carbocycles. The van der Waals surface area contributed by atoms with Crippen LogP contribution in [-0.2, 0) is 16.6 Å². The Bertz CT molecular complexity index is 469. The van der Waals surface area contributed by atoms with Crippen molar-refractivity contribution in [2.24, 2.45) is 5.92 Å². The van der Waals surface area contributed by atoms with E-state index in [1.54, 1.807) is 0 Å². The molecule has 0 saturated carbocycles. The van der Waals surface area contributed by atoms with Gasteiger partial charge in [0, 0.05) is 0 Å². The highest BCUT2D eigenvalue weighted by atomic mass is 35.5. The zero-order valence-corrected chi connectivity index (χ0v) is 15.9. The van der Waals surface area contributed by atoms with Gasteiger partial charge in [-0.05, 0) is 56.4 Å². The summed E-state index contributed by atoms with van der Waals surface area (Å²) in [6, 6.07) is 8.14. The molecule has 0 aliphatic rings. The van der Waals surface area contributed by atoms with Crippen LogP contribution >= 0.6 is 12.4 Å². The second-order valence-corrected chi connectivity index (χ2v) is 6.71. The van der Waals surface area contributed by atoms with E-state index in [1.165, 1.54) is 5.56 Å². The monoisotopic (exact) mass is 341 g/mol. The predicted octanol–water partition coefficient (Wildman–Crippen LogP) is 4.38. The van der Waals surface area contributed by atoms with Crippen LogP contribution in [0.25, 0.3) is 0 Å². The van der Waals surface area contributed by atoms with Gasteiger partial charge in [-0.25, -0.2) is 0 Å². The van der Waals surface area contributed by atoms with Crippen molar-refractivity contribution in [1.29, 1.82) is 0 Å². The Balaban J connectivity index is 0.00000484. The van der Waals surface area contributed by atoms with Gasteiger partial charge in [0.25, 0.3) is 0 Å². The first kappa shape index (κ1) is 21.9. The predicted molar refractivity (Wildman–Crippen MR) is 99.6 cm³/mol. The molecule has 1 rings (SSSR count). The number of nitrogens with zero attached hydrogens (tertiary/aromatic N) is 1. The van der Waals surface area contributed by atoms with Crippen LogP contribution in [0.1, 0.15) is 52.2 Å². The molecule has 0 radical (unpaired) electrons. The summed E-state index contributed by atoms with van der Waals surface area (Å²) in [5.74, 6) is -0.129. The quantitative estimate of drug-likeness (QED) is 0.724. The van der Waals surface area contributed by atoms with Crippen molar-refractivity contribution in [2.45, 2.75) is 52.9 Å². The van der Waals surface area contributed by atoms with Crippen molar-refractivity contribution < 1.29 is 9.90 Å². The average molecular weight is 342 g/mol. The first-order chi connectivity index (χ1) is 10.3. The van der Waals surface area contributed by atoms with Gasteiger partial charge in [-0.1, -0.05) is 52.0 Å². The lowest BCUT2D eigenvalue weighted by atomic mass is 9.79. The molecule has 3 nitrogen and oxygen atoms in total. The van der Waals surface area contributed by atoms with Crippen LogP contribution in [0.2, 0.25) is 0 Å². The molecule has 0 spiro atoms. The second-order valence-electron chi connectivity index (χ2n) is 6.71. The van der Waals surface area contributed by atoms with Crippen LogP contribution in [0.5, 0.6) is 0 Å². The molecule has 1 unspecified atom stereocenters. The molecule has 1 atom stereocenters. The Morgan fingerprint density at radius 1 is 1.17 bits per heavy atom. The molecule has 0 amide bonds. The van der Waals surface area contributed by atoms with Crippen molar-refractivity contribution >= 4 is 18.4 Å². The maximum Gasteiger partial charge on any atom is 0.313 e. The molecular weight excluding hydrogens is 310 g/mol. The summed E-state index contributed by atoms with van der Waals surface area (Å²) in [4.78, 5) is 14.1. The minimum atomic E-state index is -0.820. The van der Waals surface area contributed by atoms with Gasteiger partial charge in [-0.2, -0.15) is 0 Å². The van der Waals surface area contributed by atoms with Crippen molar-refractivity contribution in [3.63, 3.8) is 0 Å². The van der Waals surface area contributed by atoms with Crippen LogP contribution in [0.4, 0.5) is 0 Å². The van der Waals surface area contributed by atoms with Gasteiger partial charge in [0.2, 0.25) is 0 Å². The molecule has 0 aliphatic carbocycles. The number of hydrogen-bond donors (Lipinski definition) is 1. The third-order valence-electron chi connectivity index (χ3n) is 4.53. The van der Waals surface area contributed by atoms with E-state index in [0.717, 1.165) is 31.6 Å².